The normalized spacial score (nSPS) is 16.6. The van der Waals surface area contributed by atoms with Gasteiger partial charge in [-0.05, 0) is 48.7 Å². The fraction of sp³-hybridized carbons (Fsp3) is 0.300. The summed E-state index contributed by atoms with van der Waals surface area (Å²) in [5.74, 6) is -0.414. The van der Waals surface area contributed by atoms with Crippen molar-refractivity contribution in [2.24, 2.45) is 5.92 Å². The Morgan fingerprint density at radius 1 is 0.923 bits per heavy atom. The van der Waals surface area contributed by atoms with E-state index < -0.39 is 17.9 Å². The first kappa shape index (κ1) is 26.1. The number of esters is 1. The Morgan fingerprint density at radius 2 is 1.59 bits per heavy atom. The second kappa shape index (κ2) is 11.1. The predicted molar refractivity (Wildman–Crippen MR) is 147 cm³/mol. The summed E-state index contributed by atoms with van der Waals surface area (Å²) < 4.78 is 24.1. The number of hydrogen-bond acceptors (Lipinski definition) is 7. The van der Waals surface area contributed by atoms with Gasteiger partial charge >= 0.3 is 5.97 Å². The Balaban J connectivity index is 1.73. The summed E-state index contributed by atoms with van der Waals surface area (Å²) in [5.41, 5.74) is 3.21. The molecule has 5 rings (SSSR count). The molecule has 202 valence electrons. The van der Waals surface area contributed by atoms with Crippen LogP contribution in [0.2, 0.25) is 0 Å². The number of imidazole rings is 1. The largest absolute Gasteiger partial charge is 0.493 e. The van der Waals surface area contributed by atoms with E-state index in [-0.39, 0.29) is 12.5 Å². The molecule has 0 bridgehead atoms. The molecule has 3 aromatic carbocycles. The van der Waals surface area contributed by atoms with Crippen molar-refractivity contribution in [2.75, 3.05) is 39.4 Å². The molecule has 4 aromatic rings. The van der Waals surface area contributed by atoms with E-state index in [9.17, 15) is 9.59 Å². The first-order chi connectivity index (χ1) is 19.0. The number of benzene rings is 3. The summed E-state index contributed by atoms with van der Waals surface area (Å²) in [6, 6.07) is 20.3. The Labute approximate surface area is 226 Å². The minimum absolute atomic E-state index is 0.145. The molecule has 1 amide bonds. The second-order valence-corrected chi connectivity index (χ2v) is 9.13. The molecule has 1 aromatic heterocycles. The topological polar surface area (TPSA) is 92.1 Å². The molecule has 9 nitrogen and oxygen atoms in total. The van der Waals surface area contributed by atoms with Crippen molar-refractivity contribution in [1.29, 1.82) is 0 Å². The number of carbonyl (C=O) groups is 2. The number of hydrogen-bond donors (Lipinski definition) is 0. The van der Waals surface area contributed by atoms with E-state index in [1.807, 2.05) is 59.2 Å². The van der Waals surface area contributed by atoms with Gasteiger partial charge < -0.3 is 23.5 Å². The van der Waals surface area contributed by atoms with Crippen LogP contribution in [0.15, 0.2) is 66.7 Å². The Morgan fingerprint density at radius 3 is 2.23 bits per heavy atom. The first-order valence-corrected chi connectivity index (χ1v) is 12.8. The number of nitrogens with zero attached hydrogens (tertiary/aromatic N) is 3. The standard InChI is InChI=1S/C30H31N3O6/c1-5-39-29(35)25-26(20-17-23(36-2)27(38-4)24(18-20)37-3)33-22-14-10-9-13-21(22)31-30(33)32(28(25)34)16-15-19-11-7-6-8-12-19/h6-14,17-18,25-26H,5,15-16H2,1-4H3/t25-,26-/m1/s1. The van der Waals surface area contributed by atoms with Crippen LogP contribution in [0.25, 0.3) is 11.0 Å². The highest BCUT2D eigenvalue weighted by molar-refractivity contribution is 6.08. The highest BCUT2D eigenvalue weighted by Gasteiger charge is 2.48. The lowest BCUT2D eigenvalue weighted by Gasteiger charge is -2.38. The van der Waals surface area contributed by atoms with Crippen LogP contribution in [0.5, 0.6) is 17.2 Å². The number of anilines is 1. The van der Waals surface area contributed by atoms with Crippen LogP contribution in [-0.4, -0.2) is 55.9 Å². The van der Waals surface area contributed by atoms with Gasteiger partial charge in [0.25, 0.3) is 0 Å². The van der Waals surface area contributed by atoms with Gasteiger partial charge in [0.1, 0.15) is 0 Å². The SMILES string of the molecule is CCOC(=O)[C@H]1C(=O)N(CCc2ccccc2)c2nc3ccccc3n2[C@@H]1c1cc(OC)c(OC)c(OC)c1. The minimum Gasteiger partial charge on any atom is -0.493 e. The smallest absolute Gasteiger partial charge is 0.321 e. The van der Waals surface area contributed by atoms with Gasteiger partial charge in [-0.15, -0.1) is 0 Å². The lowest BCUT2D eigenvalue weighted by atomic mass is 9.88. The zero-order chi connectivity index (χ0) is 27.5. The molecule has 0 saturated heterocycles. The maximum Gasteiger partial charge on any atom is 0.321 e. The van der Waals surface area contributed by atoms with Crippen LogP contribution < -0.4 is 19.1 Å². The number of rotatable bonds is 9. The Kier molecular flexibility index (Phi) is 7.40. The van der Waals surface area contributed by atoms with Crippen molar-refractivity contribution in [3.8, 4) is 17.2 Å². The number of ether oxygens (including phenoxy) is 4. The molecular formula is C30H31N3O6. The molecule has 0 saturated carbocycles. The number of carbonyl (C=O) groups excluding carboxylic acids is 2. The maximum atomic E-state index is 14.2. The number of methoxy groups -OCH3 is 3. The summed E-state index contributed by atoms with van der Waals surface area (Å²) in [6.45, 7) is 2.22. The van der Waals surface area contributed by atoms with Gasteiger partial charge in [0.05, 0.1) is 45.0 Å². The molecule has 9 heteroatoms. The van der Waals surface area contributed by atoms with Gasteiger partial charge in [0, 0.05) is 6.54 Å². The highest BCUT2D eigenvalue weighted by atomic mass is 16.5. The Bertz CT molecular complexity index is 1470. The zero-order valence-corrected chi connectivity index (χ0v) is 22.4. The highest BCUT2D eigenvalue weighted by Crippen LogP contribution is 2.46. The van der Waals surface area contributed by atoms with Gasteiger partial charge in [-0.2, -0.15) is 0 Å². The van der Waals surface area contributed by atoms with E-state index in [4.69, 9.17) is 23.9 Å². The summed E-state index contributed by atoms with van der Waals surface area (Å²) in [4.78, 5) is 34.2. The quantitative estimate of drug-likeness (QED) is 0.234. The average Bonchev–Trinajstić information content (AvgIpc) is 3.35. The molecule has 0 spiro atoms. The molecule has 0 N–H and O–H groups in total. The molecule has 0 unspecified atom stereocenters. The maximum absolute atomic E-state index is 14.2. The molecule has 0 fully saturated rings. The van der Waals surface area contributed by atoms with Gasteiger partial charge in [-0.1, -0.05) is 42.5 Å². The molecule has 2 atom stereocenters. The van der Waals surface area contributed by atoms with Crippen LogP contribution in [0.4, 0.5) is 5.95 Å². The van der Waals surface area contributed by atoms with E-state index >= 15 is 0 Å². The van der Waals surface area contributed by atoms with Gasteiger partial charge in [0.2, 0.25) is 17.6 Å². The van der Waals surface area contributed by atoms with Crippen LogP contribution >= 0.6 is 0 Å². The summed E-state index contributed by atoms with van der Waals surface area (Å²) in [7, 11) is 4.58. The van der Waals surface area contributed by atoms with Gasteiger partial charge in [0.15, 0.2) is 17.4 Å². The van der Waals surface area contributed by atoms with E-state index in [2.05, 4.69) is 0 Å². The number of amides is 1. The predicted octanol–water partition coefficient (Wildman–Crippen LogP) is 4.42. The van der Waals surface area contributed by atoms with Crippen LogP contribution in [-0.2, 0) is 20.7 Å². The fourth-order valence-electron chi connectivity index (χ4n) is 5.22. The summed E-state index contributed by atoms with van der Waals surface area (Å²) in [5, 5.41) is 0. The lowest BCUT2D eigenvalue weighted by molar-refractivity contribution is -0.153. The van der Waals surface area contributed by atoms with Gasteiger partial charge in [-0.25, -0.2) is 4.98 Å². The molecule has 0 aliphatic carbocycles. The lowest BCUT2D eigenvalue weighted by Crippen LogP contribution is -2.50. The molecule has 1 aliphatic heterocycles. The van der Waals surface area contributed by atoms with Crippen LogP contribution in [0, 0.1) is 5.92 Å². The van der Waals surface area contributed by atoms with Gasteiger partial charge in [-0.3, -0.25) is 14.5 Å². The van der Waals surface area contributed by atoms with Crippen LogP contribution in [0.3, 0.4) is 0 Å². The minimum atomic E-state index is -1.16. The van der Waals surface area contributed by atoms with Crippen molar-refractivity contribution in [3.63, 3.8) is 0 Å². The summed E-state index contributed by atoms with van der Waals surface area (Å²) >= 11 is 0. The van der Waals surface area contributed by atoms with Crippen molar-refractivity contribution < 1.29 is 28.5 Å². The zero-order valence-electron chi connectivity index (χ0n) is 22.4. The van der Waals surface area contributed by atoms with Crippen molar-refractivity contribution >= 4 is 28.9 Å². The van der Waals surface area contributed by atoms with Crippen molar-refractivity contribution in [2.45, 2.75) is 19.4 Å². The number of fused-ring (bicyclic) bond motifs is 3. The van der Waals surface area contributed by atoms with Crippen LogP contribution in [0.1, 0.15) is 24.1 Å². The summed E-state index contributed by atoms with van der Waals surface area (Å²) in [6.07, 6.45) is 0.597. The van der Waals surface area contributed by atoms with E-state index in [1.54, 1.807) is 24.0 Å². The second-order valence-electron chi connectivity index (χ2n) is 9.13. The molecule has 2 heterocycles. The molecule has 1 aliphatic rings. The number of aromatic nitrogens is 2. The van der Waals surface area contributed by atoms with E-state index in [0.717, 1.165) is 11.1 Å². The first-order valence-electron chi connectivity index (χ1n) is 12.8. The molecule has 0 radical (unpaired) electrons. The fourth-order valence-corrected chi connectivity index (χ4v) is 5.22. The molecular weight excluding hydrogens is 498 g/mol. The third-order valence-electron chi connectivity index (χ3n) is 6.98. The monoisotopic (exact) mass is 529 g/mol. The average molecular weight is 530 g/mol. The third-order valence-corrected chi connectivity index (χ3v) is 6.98. The van der Waals surface area contributed by atoms with E-state index in [1.165, 1.54) is 21.3 Å². The third kappa shape index (κ3) is 4.65. The molecule has 39 heavy (non-hydrogen) atoms. The Hall–Kier alpha value is -4.53. The van der Waals surface area contributed by atoms with E-state index in [0.29, 0.717) is 47.2 Å². The van der Waals surface area contributed by atoms with Crippen molar-refractivity contribution in [1.82, 2.24) is 9.55 Å². The number of para-hydroxylation sites is 2. The van der Waals surface area contributed by atoms with Crippen molar-refractivity contribution in [3.05, 3.63) is 77.9 Å².